The van der Waals surface area contributed by atoms with Crippen LogP contribution >= 0.6 is 22.9 Å². The molecule has 1 aromatic heterocycles. The fraction of sp³-hybridized carbons (Fsp3) is 0.250. The number of halogens is 1. The minimum absolute atomic E-state index is 0.160. The molecule has 0 bridgehead atoms. The van der Waals surface area contributed by atoms with Gasteiger partial charge in [0, 0.05) is 4.88 Å². The molecule has 1 fully saturated rings. The molecule has 0 saturated carbocycles. The number of hydrogen-bond acceptors (Lipinski definition) is 3. The van der Waals surface area contributed by atoms with Crippen molar-refractivity contribution in [2.45, 2.75) is 24.9 Å². The predicted molar refractivity (Wildman–Crippen MR) is 84.9 cm³/mol. The normalized spacial score (nSPS) is 23.2. The molecule has 6 heteroatoms. The zero-order valence-corrected chi connectivity index (χ0v) is 13.2. The number of thiophene rings is 1. The number of carbonyl (C=O) groups is 2. The maximum Gasteiger partial charge on any atom is 0.325 e. The maximum absolute atomic E-state index is 12.9. The second-order valence-corrected chi connectivity index (χ2v) is 7.39. The van der Waals surface area contributed by atoms with Gasteiger partial charge in [-0.1, -0.05) is 35.9 Å². The summed E-state index contributed by atoms with van der Waals surface area (Å²) in [4.78, 5) is 27.5. The van der Waals surface area contributed by atoms with Crippen LogP contribution in [-0.2, 0) is 23.3 Å². The first-order chi connectivity index (χ1) is 10.6. The van der Waals surface area contributed by atoms with Crippen LogP contribution in [0.3, 0.4) is 0 Å². The summed E-state index contributed by atoms with van der Waals surface area (Å²) in [5.41, 5.74) is 1.19. The van der Waals surface area contributed by atoms with Crippen LogP contribution in [0.5, 0.6) is 0 Å². The number of nitrogens with one attached hydrogen (secondary N) is 1. The number of fused-ring (bicyclic) bond motifs is 2. The van der Waals surface area contributed by atoms with Crippen LogP contribution in [0, 0.1) is 0 Å². The summed E-state index contributed by atoms with van der Waals surface area (Å²) in [6.07, 6.45) is 1.43. The lowest BCUT2D eigenvalue weighted by atomic mass is 9.92. The number of rotatable bonds is 2. The van der Waals surface area contributed by atoms with Crippen LogP contribution < -0.4 is 5.32 Å². The van der Waals surface area contributed by atoms with Crippen molar-refractivity contribution in [2.75, 3.05) is 0 Å². The van der Waals surface area contributed by atoms with E-state index in [4.69, 9.17) is 11.6 Å². The lowest BCUT2D eigenvalue weighted by molar-refractivity contribution is -0.132. The number of urea groups is 1. The quantitative estimate of drug-likeness (QED) is 0.858. The first-order valence-electron chi connectivity index (χ1n) is 7.07. The molecule has 1 aromatic carbocycles. The van der Waals surface area contributed by atoms with Gasteiger partial charge in [0.15, 0.2) is 0 Å². The van der Waals surface area contributed by atoms with Crippen LogP contribution in [0.4, 0.5) is 4.79 Å². The van der Waals surface area contributed by atoms with Gasteiger partial charge in [0.1, 0.15) is 5.54 Å². The highest BCUT2D eigenvalue weighted by Gasteiger charge is 2.55. The zero-order chi connectivity index (χ0) is 15.3. The number of aryl methyl sites for hydroxylation is 1. The molecule has 2 heterocycles. The van der Waals surface area contributed by atoms with Gasteiger partial charge in [0.25, 0.3) is 5.91 Å². The molecule has 0 radical (unpaired) electrons. The zero-order valence-electron chi connectivity index (χ0n) is 11.6. The van der Waals surface area contributed by atoms with E-state index in [0.29, 0.717) is 10.8 Å². The molecule has 112 valence electrons. The largest absolute Gasteiger partial charge is 0.325 e. The Kier molecular flexibility index (Phi) is 3.03. The molecule has 3 amide bonds. The molecular formula is C16H13ClN2O2S. The van der Waals surface area contributed by atoms with E-state index in [0.717, 1.165) is 22.4 Å². The second-order valence-electron chi connectivity index (χ2n) is 5.59. The summed E-state index contributed by atoms with van der Waals surface area (Å²) >= 11 is 7.31. The standard InChI is InChI=1S/C16H13ClN2O2S/c17-13-6-5-11(22-13)9-19-14(20)16(18-15(19)21)8-7-10-3-1-2-4-12(10)16/h1-6H,7-9H2,(H,18,21). The summed E-state index contributed by atoms with van der Waals surface area (Å²) in [6.45, 7) is 0.270. The Morgan fingerprint density at radius 3 is 2.82 bits per heavy atom. The van der Waals surface area contributed by atoms with Crippen molar-refractivity contribution in [3.8, 4) is 0 Å². The van der Waals surface area contributed by atoms with Gasteiger partial charge in [-0.2, -0.15) is 0 Å². The van der Waals surface area contributed by atoms with Crippen molar-refractivity contribution in [3.05, 3.63) is 56.7 Å². The molecule has 4 nitrogen and oxygen atoms in total. The smallest absolute Gasteiger partial charge is 0.319 e. The monoisotopic (exact) mass is 332 g/mol. The minimum Gasteiger partial charge on any atom is -0.319 e. The van der Waals surface area contributed by atoms with Crippen LogP contribution in [0.2, 0.25) is 4.34 Å². The molecule has 2 aromatic rings. The summed E-state index contributed by atoms with van der Waals surface area (Å²) in [6, 6.07) is 11.1. The van der Waals surface area contributed by atoms with Crippen molar-refractivity contribution in [1.82, 2.24) is 10.2 Å². The Labute approximate surface area is 136 Å². The average Bonchev–Trinajstić information content (AvgIpc) is 3.15. The number of hydrogen-bond donors (Lipinski definition) is 1. The molecule has 1 aliphatic carbocycles. The highest BCUT2D eigenvalue weighted by molar-refractivity contribution is 7.16. The maximum atomic E-state index is 12.9. The molecule has 2 aliphatic rings. The second kappa shape index (κ2) is 4.83. The number of imide groups is 1. The Hall–Kier alpha value is -1.85. The van der Waals surface area contributed by atoms with E-state index in [1.54, 1.807) is 6.07 Å². The predicted octanol–water partition coefficient (Wildman–Crippen LogP) is 3.30. The molecule has 4 rings (SSSR count). The van der Waals surface area contributed by atoms with E-state index < -0.39 is 5.54 Å². The van der Waals surface area contributed by atoms with Gasteiger partial charge < -0.3 is 5.32 Å². The van der Waals surface area contributed by atoms with Crippen molar-refractivity contribution in [2.24, 2.45) is 0 Å². The van der Waals surface area contributed by atoms with E-state index in [1.165, 1.54) is 16.2 Å². The highest BCUT2D eigenvalue weighted by atomic mass is 35.5. The lowest BCUT2D eigenvalue weighted by Gasteiger charge is -2.22. The Morgan fingerprint density at radius 2 is 2.05 bits per heavy atom. The molecule has 1 N–H and O–H groups in total. The fourth-order valence-corrected chi connectivity index (χ4v) is 4.40. The lowest BCUT2D eigenvalue weighted by Crippen LogP contribution is -2.41. The Balaban J connectivity index is 1.68. The first kappa shape index (κ1) is 13.8. The molecule has 1 unspecified atom stereocenters. The van der Waals surface area contributed by atoms with E-state index in [-0.39, 0.29) is 18.5 Å². The van der Waals surface area contributed by atoms with Crippen molar-refractivity contribution < 1.29 is 9.59 Å². The van der Waals surface area contributed by atoms with Crippen molar-refractivity contribution in [3.63, 3.8) is 0 Å². The third kappa shape index (κ3) is 1.89. The third-order valence-electron chi connectivity index (χ3n) is 4.37. The number of nitrogens with zero attached hydrogens (tertiary/aromatic N) is 1. The molecular weight excluding hydrogens is 320 g/mol. The summed E-state index contributed by atoms with van der Waals surface area (Å²) < 4.78 is 0.656. The summed E-state index contributed by atoms with van der Waals surface area (Å²) in [5, 5.41) is 2.92. The SMILES string of the molecule is O=C1NC2(CCc3ccccc32)C(=O)N1Cc1ccc(Cl)s1. The molecule has 1 atom stereocenters. The van der Waals surface area contributed by atoms with Crippen LogP contribution in [0.1, 0.15) is 22.4 Å². The topological polar surface area (TPSA) is 49.4 Å². The highest BCUT2D eigenvalue weighted by Crippen LogP contribution is 2.41. The molecule has 1 aliphatic heterocycles. The van der Waals surface area contributed by atoms with E-state index in [9.17, 15) is 9.59 Å². The Morgan fingerprint density at radius 1 is 1.23 bits per heavy atom. The van der Waals surface area contributed by atoms with Crippen LogP contribution in [0.15, 0.2) is 36.4 Å². The molecule has 1 spiro atoms. The number of carbonyl (C=O) groups excluding carboxylic acids is 2. The fourth-order valence-electron chi connectivity index (χ4n) is 3.33. The van der Waals surface area contributed by atoms with Gasteiger partial charge in [-0.15, -0.1) is 11.3 Å². The Bertz CT molecular complexity index is 788. The van der Waals surface area contributed by atoms with E-state index in [2.05, 4.69) is 5.32 Å². The number of benzene rings is 1. The van der Waals surface area contributed by atoms with Gasteiger partial charge in [-0.25, -0.2) is 4.79 Å². The van der Waals surface area contributed by atoms with Gasteiger partial charge >= 0.3 is 6.03 Å². The van der Waals surface area contributed by atoms with Crippen molar-refractivity contribution >= 4 is 34.9 Å². The number of amides is 3. The van der Waals surface area contributed by atoms with E-state index in [1.807, 2.05) is 30.3 Å². The first-order valence-corrected chi connectivity index (χ1v) is 8.26. The third-order valence-corrected chi connectivity index (χ3v) is 5.58. The molecule has 1 saturated heterocycles. The van der Waals surface area contributed by atoms with Gasteiger partial charge in [0.05, 0.1) is 10.9 Å². The minimum atomic E-state index is -0.880. The van der Waals surface area contributed by atoms with Crippen LogP contribution in [-0.4, -0.2) is 16.8 Å². The van der Waals surface area contributed by atoms with Gasteiger partial charge in [-0.3, -0.25) is 9.69 Å². The van der Waals surface area contributed by atoms with E-state index >= 15 is 0 Å². The summed E-state index contributed by atoms with van der Waals surface area (Å²) in [7, 11) is 0. The van der Waals surface area contributed by atoms with Crippen LogP contribution in [0.25, 0.3) is 0 Å². The molecule has 22 heavy (non-hydrogen) atoms. The average molecular weight is 333 g/mol. The van der Waals surface area contributed by atoms with Gasteiger partial charge in [-0.05, 0) is 36.1 Å². The summed E-state index contributed by atoms with van der Waals surface area (Å²) in [5.74, 6) is -0.160. The van der Waals surface area contributed by atoms with Crippen molar-refractivity contribution in [1.29, 1.82) is 0 Å². The van der Waals surface area contributed by atoms with Gasteiger partial charge in [0.2, 0.25) is 0 Å².